The zero-order valence-corrected chi connectivity index (χ0v) is 20.9. The average molecular weight is 524 g/mol. The number of halogens is 2. The minimum atomic E-state index is -3.29. The first-order valence-electron chi connectivity index (χ1n) is 12.3. The van der Waals surface area contributed by atoms with Gasteiger partial charge in [-0.05, 0) is 31.4 Å². The highest BCUT2D eigenvalue weighted by atomic mass is 19.3. The van der Waals surface area contributed by atoms with Gasteiger partial charge in [-0.2, -0.15) is 15.5 Å². The lowest BCUT2D eigenvalue weighted by atomic mass is 9.90. The Morgan fingerprint density at radius 3 is 2.53 bits per heavy atom. The van der Waals surface area contributed by atoms with Gasteiger partial charge in [0.2, 0.25) is 11.8 Å². The summed E-state index contributed by atoms with van der Waals surface area (Å²) in [5.74, 6) is -5.31. The molecule has 1 unspecified atom stereocenters. The number of rotatable bonds is 5. The molecule has 10 nitrogen and oxygen atoms in total. The molecule has 0 N–H and O–H groups in total. The van der Waals surface area contributed by atoms with Gasteiger partial charge in [-0.15, -0.1) is 0 Å². The van der Waals surface area contributed by atoms with Crippen LogP contribution >= 0.6 is 0 Å². The molecule has 0 aromatic carbocycles. The predicted octanol–water partition coefficient (Wildman–Crippen LogP) is 2.91. The number of carbonyl (C=O) groups excluding carboxylic acids is 2. The molecule has 198 valence electrons. The number of pyridine rings is 1. The molecule has 0 saturated carbocycles. The van der Waals surface area contributed by atoms with E-state index in [1.807, 2.05) is 16.9 Å². The summed E-state index contributed by atoms with van der Waals surface area (Å²) < 4.78 is 38.5. The number of nitrogens with zero attached hydrogens (tertiary/aromatic N) is 7. The van der Waals surface area contributed by atoms with Crippen molar-refractivity contribution >= 4 is 17.3 Å². The highest BCUT2D eigenvalue weighted by Crippen LogP contribution is 2.36. The highest BCUT2D eigenvalue weighted by Gasteiger charge is 2.50. The minimum absolute atomic E-state index is 0.0147. The van der Waals surface area contributed by atoms with Crippen LogP contribution < -0.4 is 4.74 Å². The largest absolute Gasteiger partial charge is 0.494 e. The fourth-order valence-electron chi connectivity index (χ4n) is 5.30. The molecule has 38 heavy (non-hydrogen) atoms. The van der Waals surface area contributed by atoms with Crippen LogP contribution in [0.5, 0.6) is 5.75 Å². The molecule has 2 amide bonds. The normalized spacial score (nSPS) is 19.8. The van der Waals surface area contributed by atoms with Crippen LogP contribution in [0.2, 0.25) is 0 Å². The van der Waals surface area contributed by atoms with Crippen molar-refractivity contribution in [1.82, 2.24) is 29.2 Å². The maximum absolute atomic E-state index is 14.8. The van der Waals surface area contributed by atoms with E-state index in [0.29, 0.717) is 42.8 Å². The van der Waals surface area contributed by atoms with E-state index in [2.05, 4.69) is 22.8 Å². The van der Waals surface area contributed by atoms with Gasteiger partial charge in [0.25, 0.3) is 5.92 Å². The van der Waals surface area contributed by atoms with Gasteiger partial charge in [-0.25, -0.2) is 13.3 Å². The molecular formula is C26H27F2N7O3. The molecule has 5 heterocycles. The van der Waals surface area contributed by atoms with Crippen molar-refractivity contribution in [2.24, 2.45) is 5.92 Å². The molecule has 1 atom stereocenters. The number of carbonyl (C=O) groups is 2. The molecule has 0 aliphatic carbocycles. The first-order valence-corrected chi connectivity index (χ1v) is 12.3. The third-order valence-electron chi connectivity index (χ3n) is 7.39. The van der Waals surface area contributed by atoms with E-state index in [9.17, 15) is 23.6 Å². The Morgan fingerprint density at radius 2 is 1.87 bits per heavy atom. The number of methoxy groups -OCH3 is 1. The van der Waals surface area contributed by atoms with Gasteiger partial charge >= 0.3 is 0 Å². The Hall–Kier alpha value is -4.27. The third-order valence-corrected chi connectivity index (χ3v) is 7.39. The topological polar surface area (TPSA) is 109 Å². The molecule has 0 radical (unpaired) electrons. The SMILES string of the molecule is C=CC(=O)N1CCC(C(=O)N2CCC(n3cc(-c4cc(OC)c5c(C#N)cnn5c4)cn3)CC2)C(F)(F)C1. The average Bonchev–Trinajstić information content (AvgIpc) is 3.59. The zero-order valence-electron chi connectivity index (χ0n) is 20.9. The number of nitriles is 1. The number of alkyl halides is 2. The summed E-state index contributed by atoms with van der Waals surface area (Å²) in [5.41, 5.74) is 2.65. The van der Waals surface area contributed by atoms with Crippen LogP contribution in [0.25, 0.3) is 16.6 Å². The quantitative estimate of drug-likeness (QED) is 0.476. The van der Waals surface area contributed by atoms with Crippen LogP contribution in [0.4, 0.5) is 8.78 Å². The van der Waals surface area contributed by atoms with Crippen molar-refractivity contribution in [3.8, 4) is 22.9 Å². The van der Waals surface area contributed by atoms with E-state index in [-0.39, 0.29) is 19.0 Å². The van der Waals surface area contributed by atoms with E-state index < -0.39 is 30.2 Å². The number of likely N-dealkylation sites (tertiary alicyclic amines) is 2. The van der Waals surface area contributed by atoms with Crippen LogP contribution in [0.15, 0.2) is 43.5 Å². The van der Waals surface area contributed by atoms with Crippen molar-refractivity contribution in [2.45, 2.75) is 31.2 Å². The number of aromatic nitrogens is 4. The lowest BCUT2D eigenvalue weighted by Crippen LogP contribution is -2.56. The Kier molecular flexibility index (Phi) is 6.60. The van der Waals surface area contributed by atoms with Crippen molar-refractivity contribution in [3.05, 3.63) is 49.1 Å². The summed E-state index contributed by atoms with van der Waals surface area (Å²) in [6, 6.07) is 3.95. The number of fused-ring (bicyclic) bond motifs is 1. The van der Waals surface area contributed by atoms with Crippen molar-refractivity contribution in [3.63, 3.8) is 0 Å². The van der Waals surface area contributed by atoms with Gasteiger partial charge in [0, 0.05) is 43.2 Å². The van der Waals surface area contributed by atoms with Gasteiger partial charge in [-0.1, -0.05) is 6.58 Å². The molecule has 2 aliphatic rings. The summed E-state index contributed by atoms with van der Waals surface area (Å²) in [6.45, 7) is 3.39. The summed E-state index contributed by atoms with van der Waals surface area (Å²) >= 11 is 0. The van der Waals surface area contributed by atoms with Gasteiger partial charge in [-0.3, -0.25) is 14.3 Å². The summed E-state index contributed by atoms with van der Waals surface area (Å²) in [4.78, 5) is 27.3. The number of hydrogen-bond donors (Lipinski definition) is 0. The van der Waals surface area contributed by atoms with Crippen molar-refractivity contribution in [1.29, 1.82) is 5.26 Å². The van der Waals surface area contributed by atoms with Crippen LogP contribution in [0.1, 0.15) is 30.9 Å². The Bertz CT molecular complexity index is 1430. The van der Waals surface area contributed by atoms with Crippen molar-refractivity contribution < 1.29 is 23.1 Å². The second-order valence-electron chi connectivity index (χ2n) is 9.59. The van der Waals surface area contributed by atoms with Crippen LogP contribution in [-0.2, 0) is 9.59 Å². The van der Waals surface area contributed by atoms with Gasteiger partial charge in [0.15, 0.2) is 0 Å². The van der Waals surface area contributed by atoms with Crippen molar-refractivity contribution in [2.75, 3.05) is 33.3 Å². The fraction of sp³-hybridized carbons (Fsp3) is 0.423. The number of ether oxygens (including phenoxy) is 1. The number of piperidine rings is 2. The Morgan fingerprint density at radius 1 is 1.13 bits per heavy atom. The van der Waals surface area contributed by atoms with E-state index in [1.165, 1.54) is 18.2 Å². The third kappa shape index (κ3) is 4.49. The molecule has 2 fully saturated rings. The smallest absolute Gasteiger partial charge is 0.276 e. The molecule has 12 heteroatoms. The molecule has 3 aromatic rings. The second kappa shape index (κ2) is 9.89. The van der Waals surface area contributed by atoms with E-state index >= 15 is 0 Å². The number of amides is 2. The van der Waals surface area contributed by atoms with Gasteiger partial charge in [0.1, 0.15) is 28.8 Å². The molecule has 0 spiro atoms. The maximum atomic E-state index is 14.8. The predicted molar refractivity (Wildman–Crippen MR) is 132 cm³/mol. The molecule has 3 aromatic heterocycles. The highest BCUT2D eigenvalue weighted by molar-refractivity contribution is 5.87. The van der Waals surface area contributed by atoms with Crippen LogP contribution in [0, 0.1) is 17.2 Å². The lowest BCUT2D eigenvalue weighted by molar-refractivity contribution is -0.166. The molecule has 2 saturated heterocycles. The Labute approximate surface area is 217 Å². The van der Waals surface area contributed by atoms with Crippen LogP contribution in [-0.4, -0.2) is 80.2 Å². The summed E-state index contributed by atoms with van der Waals surface area (Å²) in [7, 11) is 1.53. The number of hydrogen-bond acceptors (Lipinski definition) is 6. The summed E-state index contributed by atoms with van der Waals surface area (Å²) in [5, 5.41) is 18.1. The zero-order chi connectivity index (χ0) is 27.0. The maximum Gasteiger partial charge on any atom is 0.276 e. The van der Waals surface area contributed by atoms with Gasteiger partial charge in [0.05, 0.1) is 32.1 Å². The van der Waals surface area contributed by atoms with E-state index in [0.717, 1.165) is 22.1 Å². The molecule has 0 bridgehead atoms. The monoisotopic (exact) mass is 523 g/mol. The standard InChI is InChI=1S/C26H27F2N7O3/c1-3-23(36)33-9-6-21(26(27,28)16-33)25(37)32-7-4-20(5-8-32)34-15-19(13-30-34)17-10-22(38-2)24-18(11-29)12-31-35(24)14-17/h3,10,12-15,20-21H,1,4-9,16H2,2H3. The summed E-state index contributed by atoms with van der Waals surface area (Å²) in [6.07, 6.45) is 9.02. The molecule has 5 rings (SSSR count). The molecular weight excluding hydrogens is 496 g/mol. The first-order chi connectivity index (χ1) is 18.2. The molecule has 2 aliphatic heterocycles. The lowest BCUT2D eigenvalue weighted by Gasteiger charge is -2.40. The van der Waals surface area contributed by atoms with E-state index in [1.54, 1.807) is 16.9 Å². The minimum Gasteiger partial charge on any atom is -0.494 e. The van der Waals surface area contributed by atoms with Gasteiger partial charge < -0.3 is 14.5 Å². The van der Waals surface area contributed by atoms with E-state index in [4.69, 9.17) is 4.74 Å². The van der Waals surface area contributed by atoms with Crippen LogP contribution in [0.3, 0.4) is 0 Å². The Balaban J connectivity index is 1.25. The second-order valence-corrected chi connectivity index (χ2v) is 9.59. The first kappa shape index (κ1) is 25.4. The fourth-order valence-corrected chi connectivity index (χ4v) is 5.30.